The van der Waals surface area contributed by atoms with E-state index in [1.165, 1.54) is 0 Å². The number of imidazole rings is 1. The molecule has 0 unspecified atom stereocenters. The summed E-state index contributed by atoms with van der Waals surface area (Å²) in [5, 5.41) is 9.82. The highest BCUT2D eigenvalue weighted by molar-refractivity contribution is 6.05. The van der Waals surface area contributed by atoms with Crippen molar-refractivity contribution in [1.29, 1.82) is 0 Å². The second-order valence-corrected chi connectivity index (χ2v) is 7.07. The molecule has 0 saturated carbocycles. The van der Waals surface area contributed by atoms with E-state index in [0.717, 1.165) is 48.5 Å². The topological polar surface area (TPSA) is 97.7 Å². The van der Waals surface area contributed by atoms with Crippen LogP contribution in [0.2, 0.25) is 0 Å². The molecular weight excluding hydrogens is 368 g/mol. The van der Waals surface area contributed by atoms with E-state index in [9.17, 15) is 4.79 Å². The number of rotatable bonds is 4. The smallest absolute Gasteiger partial charge is 0.257 e. The SMILES string of the molecule is O=C(Nc1cccc(-c2ccn[nH]2)c1)c1cnc2c(c1)ncn2C1CCOCC1. The molecule has 0 atom stereocenters. The zero-order valence-electron chi connectivity index (χ0n) is 15.7. The summed E-state index contributed by atoms with van der Waals surface area (Å²) in [5.74, 6) is -0.221. The van der Waals surface area contributed by atoms with Gasteiger partial charge in [-0.3, -0.25) is 9.89 Å². The monoisotopic (exact) mass is 388 g/mol. The molecule has 8 nitrogen and oxygen atoms in total. The van der Waals surface area contributed by atoms with Gasteiger partial charge >= 0.3 is 0 Å². The number of pyridine rings is 1. The summed E-state index contributed by atoms with van der Waals surface area (Å²) < 4.78 is 7.53. The maximum atomic E-state index is 12.7. The van der Waals surface area contributed by atoms with E-state index < -0.39 is 0 Å². The Balaban J connectivity index is 1.37. The minimum Gasteiger partial charge on any atom is -0.381 e. The van der Waals surface area contributed by atoms with Gasteiger partial charge in [-0.05, 0) is 37.1 Å². The van der Waals surface area contributed by atoms with Crippen LogP contribution >= 0.6 is 0 Å². The molecule has 1 amide bonds. The Morgan fingerprint density at radius 2 is 2.07 bits per heavy atom. The van der Waals surface area contributed by atoms with Crippen LogP contribution in [0, 0.1) is 0 Å². The first-order valence-electron chi connectivity index (χ1n) is 9.59. The van der Waals surface area contributed by atoms with Crippen molar-refractivity contribution in [2.75, 3.05) is 18.5 Å². The molecule has 1 aliphatic rings. The molecule has 3 aromatic heterocycles. The molecule has 0 bridgehead atoms. The average Bonchev–Trinajstić information content (AvgIpc) is 3.44. The van der Waals surface area contributed by atoms with Crippen LogP contribution in [0.25, 0.3) is 22.4 Å². The summed E-state index contributed by atoms with van der Waals surface area (Å²) in [4.78, 5) is 21.7. The number of benzene rings is 1. The Labute approximate surface area is 166 Å². The van der Waals surface area contributed by atoms with Crippen LogP contribution < -0.4 is 5.32 Å². The molecule has 1 fully saturated rings. The van der Waals surface area contributed by atoms with Crippen LogP contribution in [-0.2, 0) is 4.74 Å². The fraction of sp³-hybridized carbons (Fsp3) is 0.238. The molecule has 1 aromatic carbocycles. The number of hydrogen-bond donors (Lipinski definition) is 2. The molecule has 0 aliphatic carbocycles. The zero-order chi connectivity index (χ0) is 19.6. The lowest BCUT2D eigenvalue weighted by Crippen LogP contribution is -2.19. The van der Waals surface area contributed by atoms with Crippen molar-refractivity contribution in [2.24, 2.45) is 0 Å². The fourth-order valence-corrected chi connectivity index (χ4v) is 3.66. The Morgan fingerprint density at radius 3 is 2.90 bits per heavy atom. The summed E-state index contributed by atoms with van der Waals surface area (Å²) in [6.45, 7) is 1.50. The molecule has 0 radical (unpaired) electrons. The van der Waals surface area contributed by atoms with Gasteiger partial charge in [0, 0.05) is 42.9 Å². The molecule has 4 heterocycles. The highest BCUT2D eigenvalue weighted by atomic mass is 16.5. The van der Waals surface area contributed by atoms with E-state index in [4.69, 9.17) is 4.74 Å². The van der Waals surface area contributed by atoms with Gasteiger partial charge in [-0.15, -0.1) is 0 Å². The van der Waals surface area contributed by atoms with Crippen molar-refractivity contribution in [2.45, 2.75) is 18.9 Å². The molecule has 8 heteroatoms. The van der Waals surface area contributed by atoms with E-state index >= 15 is 0 Å². The van der Waals surface area contributed by atoms with Gasteiger partial charge in [0.2, 0.25) is 0 Å². The predicted molar refractivity (Wildman–Crippen MR) is 109 cm³/mol. The first-order valence-corrected chi connectivity index (χ1v) is 9.59. The number of aromatic nitrogens is 5. The number of amides is 1. The van der Waals surface area contributed by atoms with E-state index in [1.807, 2.05) is 36.7 Å². The molecule has 0 spiro atoms. The van der Waals surface area contributed by atoms with Gasteiger partial charge in [-0.2, -0.15) is 5.10 Å². The second-order valence-electron chi connectivity index (χ2n) is 7.07. The Bertz CT molecular complexity index is 1150. The number of anilines is 1. The largest absolute Gasteiger partial charge is 0.381 e. The van der Waals surface area contributed by atoms with Gasteiger partial charge in [0.25, 0.3) is 5.91 Å². The van der Waals surface area contributed by atoms with E-state index in [0.29, 0.717) is 17.3 Å². The first kappa shape index (κ1) is 17.6. The number of nitrogens with zero attached hydrogens (tertiary/aromatic N) is 4. The first-order chi connectivity index (χ1) is 14.3. The van der Waals surface area contributed by atoms with E-state index in [2.05, 4.69) is 30.0 Å². The minimum absolute atomic E-state index is 0.221. The van der Waals surface area contributed by atoms with Crippen LogP contribution in [0.3, 0.4) is 0 Å². The number of fused-ring (bicyclic) bond motifs is 1. The van der Waals surface area contributed by atoms with Gasteiger partial charge in [-0.25, -0.2) is 9.97 Å². The average molecular weight is 388 g/mol. The minimum atomic E-state index is -0.221. The Morgan fingerprint density at radius 1 is 1.17 bits per heavy atom. The normalized spacial score (nSPS) is 14.9. The van der Waals surface area contributed by atoms with Crippen LogP contribution in [0.15, 0.2) is 55.1 Å². The molecule has 146 valence electrons. The highest BCUT2D eigenvalue weighted by Gasteiger charge is 2.19. The fourth-order valence-electron chi connectivity index (χ4n) is 3.66. The van der Waals surface area contributed by atoms with Crippen molar-refractivity contribution >= 4 is 22.8 Å². The summed E-state index contributed by atoms with van der Waals surface area (Å²) in [7, 11) is 0. The number of aromatic amines is 1. The molecular formula is C21H20N6O2. The quantitative estimate of drug-likeness (QED) is 0.558. The lowest BCUT2D eigenvalue weighted by molar-refractivity contribution is 0.0704. The molecule has 5 rings (SSSR count). The van der Waals surface area contributed by atoms with Gasteiger partial charge in [-0.1, -0.05) is 12.1 Å². The number of carbonyl (C=O) groups is 1. The summed E-state index contributed by atoms with van der Waals surface area (Å²) in [6.07, 6.45) is 7.00. The zero-order valence-corrected chi connectivity index (χ0v) is 15.7. The molecule has 2 N–H and O–H groups in total. The Hall–Kier alpha value is -3.52. The number of ether oxygens (including phenoxy) is 1. The highest BCUT2D eigenvalue weighted by Crippen LogP contribution is 2.25. The van der Waals surface area contributed by atoms with Crippen molar-refractivity contribution < 1.29 is 9.53 Å². The third-order valence-electron chi connectivity index (χ3n) is 5.19. The van der Waals surface area contributed by atoms with E-state index in [-0.39, 0.29) is 5.91 Å². The number of nitrogens with one attached hydrogen (secondary N) is 2. The Kier molecular flexibility index (Phi) is 4.53. The molecule has 4 aromatic rings. The lowest BCUT2D eigenvalue weighted by Gasteiger charge is -2.23. The maximum absolute atomic E-state index is 12.7. The van der Waals surface area contributed by atoms with Crippen molar-refractivity contribution in [3.63, 3.8) is 0 Å². The van der Waals surface area contributed by atoms with Gasteiger partial charge < -0.3 is 14.6 Å². The molecule has 1 saturated heterocycles. The predicted octanol–water partition coefficient (Wildman–Crippen LogP) is 3.43. The van der Waals surface area contributed by atoms with Crippen LogP contribution in [0.5, 0.6) is 0 Å². The second kappa shape index (κ2) is 7.48. The maximum Gasteiger partial charge on any atom is 0.257 e. The van der Waals surface area contributed by atoms with Gasteiger partial charge in [0.15, 0.2) is 5.65 Å². The number of H-pyrrole nitrogens is 1. The van der Waals surface area contributed by atoms with Crippen molar-refractivity contribution in [3.8, 4) is 11.3 Å². The van der Waals surface area contributed by atoms with Gasteiger partial charge in [0.1, 0.15) is 5.52 Å². The van der Waals surface area contributed by atoms with E-state index in [1.54, 1.807) is 18.5 Å². The summed E-state index contributed by atoms with van der Waals surface area (Å²) in [6, 6.07) is 11.6. The number of carbonyl (C=O) groups excluding carboxylic acids is 1. The van der Waals surface area contributed by atoms with Crippen LogP contribution in [0.4, 0.5) is 5.69 Å². The van der Waals surface area contributed by atoms with Crippen molar-refractivity contribution in [3.05, 3.63) is 60.7 Å². The molecule has 1 aliphatic heterocycles. The third-order valence-corrected chi connectivity index (χ3v) is 5.19. The summed E-state index contributed by atoms with van der Waals surface area (Å²) in [5.41, 5.74) is 4.54. The van der Waals surface area contributed by atoms with Crippen LogP contribution in [0.1, 0.15) is 29.2 Å². The third kappa shape index (κ3) is 3.50. The van der Waals surface area contributed by atoms with Gasteiger partial charge in [0.05, 0.1) is 17.6 Å². The lowest BCUT2D eigenvalue weighted by atomic mass is 10.1. The molecule has 29 heavy (non-hydrogen) atoms. The van der Waals surface area contributed by atoms with Crippen molar-refractivity contribution in [1.82, 2.24) is 24.7 Å². The summed E-state index contributed by atoms with van der Waals surface area (Å²) >= 11 is 0. The standard InChI is InChI=1S/C21H20N6O2/c28-21(25-16-3-1-2-14(10-16)18-4-7-24-26-18)15-11-19-20(22-12-15)27(13-23-19)17-5-8-29-9-6-17/h1-4,7,10-13,17H,5-6,8-9H2,(H,24,26)(H,25,28). The van der Waals surface area contributed by atoms with Crippen LogP contribution in [-0.4, -0.2) is 43.9 Å². The number of hydrogen-bond acceptors (Lipinski definition) is 5.